The Kier molecular flexibility index (Phi) is 6.06. The minimum absolute atomic E-state index is 0.116. The quantitative estimate of drug-likeness (QED) is 0.245. The summed E-state index contributed by atoms with van der Waals surface area (Å²) >= 11 is 17.7. The molecule has 0 radical (unpaired) electrons. The lowest BCUT2D eigenvalue weighted by Gasteiger charge is -2.11. The summed E-state index contributed by atoms with van der Waals surface area (Å²) in [7, 11) is 0. The minimum Gasteiger partial charge on any atom is -0.502 e. The first-order valence-corrected chi connectivity index (χ1v) is 9.05. The highest BCUT2D eigenvalue weighted by Crippen LogP contribution is 2.28. The van der Waals surface area contributed by atoms with Gasteiger partial charge in [-0.25, -0.2) is 4.39 Å². The van der Waals surface area contributed by atoms with E-state index < -0.39 is 5.82 Å². The Labute approximate surface area is 171 Å². The molecule has 27 heavy (non-hydrogen) atoms. The van der Waals surface area contributed by atoms with Crippen molar-refractivity contribution in [2.75, 3.05) is 5.32 Å². The predicted molar refractivity (Wildman–Crippen MR) is 111 cm³/mol. The van der Waals surface area contributed by atoms with E-state index in [1.165, 1.54) is 12.1 Å². The molecule has 0 spiro atoms. The molecule has 0 unspecified atom stereocenters. The van der Waals surface area contributed by atoms with Gasteiger partial charge in [-0.3, -0.25) is 0 Å². The molecule has 3 rings (SSSR count). The number of halogens is 3. The number of anilines is 1. The van der Waals surface area contributed by atoms with Crippen LogP contribution < -0.4 is 9.88 Å². The number of nitrogens with one attached hydrogen (secondary N) is 1. The fourth-order valence-electron chi connectivity index (χ4n) is 2.45. The van der Waals surface area contributed by atoms with Crippen molar-refractivity contribution in [3.05, 3.63) is 94.5 Å². The van der Waals surface area contributed by atoms with Crippen LogP contribution in [0.5, 0.6) is 0 Å². The summed E-state index contributed by atoms with van der Waals surface area (Å²) in [6, 6.07) is 16.2. The van der Waals surface area contributed by atoms with Crippen LogP contribution in [0.2, 0.25) is 10.0 Å². The zero-order chi connectivity index (χ0) is 19.4. The van der Waals surface area contributed by atoms with Crippen LogP contribution in [0.4, 0.5) is 10.1 Å². The molecule has 0 aliphatic heterocycles. The number of aliphatic hydroxyl groups is 1. The van der Waals surface area contributed by atoms with Crippen molar-refractivity contribution in [1.82, 2.24) is 0 Å². The van der Waals surface area contributed by atoms with Crippen LogP contribution in [0.3, 0.4) is 0 Å². The highest BCUT2D eigenvalue weighted by atomic mass is 35.5. The van der Waals surface area contributed by atoms with Crippen molar-refractivity contribution < 1.29 is 14.1 Å². The fraction of sp³-hybridized carbons (Fsp3) is 0. The van der Waals surface area contributed by atoms with Crippen molar-refractivity contribution in [2.45, 2.75) is 0 Å². The molecule has 1 aromatic heterocycles. The third-order valence-electron chi connectivity index (χ3n) is 3.72. The molecule has 7 heteroatoms. The lowest BCUT2D eigenvalue weighted by Crippen LogP contribution is -2.38. The van der Waals surface area contributed by atoms with E-state index in [1.54, 1.807) is 59.4 Å². The van der Waals surface area contributed by atoms with Gasteiger partial charge in [0.15, 0.2) is 17.4 Å². The topological polar surface area (TPSA) is 36.1 Å². The molecule has 0 saturated carbocycles. The first-order chi connectivity index (χ1) is 13.0. The van der Waals surface area contributed by atoms with Crippen molar-refractivity contribution in [2.24, 2.45) is 0 Å². The van der Waals surface area contributed by atoms with E-state index in [0.29, 0.717) is 15.6 Å². The summed E-state index contributed by atoms with van der Waals surface area (Å²) in [5, 5.41) is 14.5. The zero-order valence-corrected chi connectivity index (χ0v) is 16.2. The molecule has 1 heterocycles. The Morgan fingerprint density at radius 3 is 2.41 bits per heavy atom. The van der Waals surface area contributed by atoms with Gasteiger partial charge in [-0.05, 0) is 30.3 Å². The average Bonchev–Trinajstić information content (AvgIpc) is 2.66. The number of hydrogen-bond acceptors (Lipinski definition) is 2. The molecule has 3 nitrogen and oxygen atoms in total. The second-order valence-corrected chi connectivity index (χ2v) is 6.79. The van der Waals surface area contributed by atoms with Gasteiger partial charge in [-0.2, -0.15) is 4.57 Å². The molecule has 2 N–H and O–H groups in total. The number of aliphatic hydroxyl groups excluding tert-OH is 1. The number of rotatable bonds is 4. The van der Waals surface area contributed by atoms with Gasteiger partial charge in [0, 0.05) is 22.7 Å². The molecule has 3 aromatic rings. The maximum absolute atomic E-state index is 14.0. The van der Waals surface area contributed by atoms with Crippen LogP contribution in [0.25, 0.3) is 11.5 Å². The van der Waals surface area contributed by atoms with Gasteiger partial charge < -0.3 is 10.4 Å². The van der Waals surface area contributed by atoms with Crippen molar-refractivity contribution in [1.29, 1.82) is 0 Å². The summed E-state index contributed by atoms with van der Waals surface area (Å²) in [5.41, 5.74) is 0.743. The Hall–Kier alpha value is -2.47. The molecular weight excluding hydrogens is 406 g/mol. The lowest BCUT2D eigenvalue weighted by atomic mass is 10.1. The van der Waals surface area contributed by atoms with E-state index in [1.807, 2.05) is 6.07 Å². The smallest absolute Gasteiger partial charge is 0.288 e. The zero-order valence-electron chi connectivity index (χ0n) is 13.9. The second-order valence-electron chi connectivity index (χ2n) is 5.54. The molecule has 136 valence electrons. The summed E-state index contributed by atoms with van der Waals surface area (Å²) in [6.07, 6.45) is 3.42. The van der Waals surface area contributed by atoms with Gasteiger partial charge in [0.25, 0.3) is 5.70 Å². The Morgan fingerprint density at radius 2 is 1.70 bits per heavy atom. The molecule has 0 aliphatic rings. The molecule has 0 atom stereocenters. The van der Waals surface area contributed by atoms with Crippen molar-refractivity contribution >= 4 is 57.6 Å². The normalized spacial score (nSPS) is 11.7. The van der Waals surface area contributed by atoms with Crippen LogP contribution in [0.1, 0.15) is 5.56 Å². The number of pyridine rings is 1. The SMILES string of the molecule is O/C(=C(\C(=S)Nc1ccccc1F)[n+]1ccccc1)c1cc(Cl)ccc1Cl. The molecule has 0 amide bonds. The van der Waals surface area contributed by atoms with E-state index in [2.05, 4.69) is 5.32 Å². The molecular formula is C20H14Cl2FN2OS+. The summed E-state index contributed by atoms with van der Waals surface area (Å²) < 4.78 is 15.6. The van der Waals surface area contributed by atoms with Gasteiger partial charge in [0.05, 0.1) is 10.7 Å². The van der Waals surface area contributed by atoms with E-state index in [-0.39, 0.29) is 22.1 Å². The average molecular weight is 420 g/mol. The van der Waals surface area contributed by atoms with Gasteiger partial charge >= 0.3 is 0 Å². The summed E-state index contributed by atoms with van der Waals surface area (Å²) in [6.45, 7) is 0. The molecule has 0 bridgehead atoms. The number of hydrogen-bond donors (Lipinski definition) is 2. The van der Waals surface area contributed by atoms with E-state index in [9.17, 15) is 9.50 Å². The van der Waals surface area contributed by atoms with Crippen LogP contribution in [-0.2, 0) is 0 Å². The fourth-order valence-corrected chi connectivity index (χ4v) is 3.14. The van der Waals surface area contributed by atoms with Crippen LogP contribution >= 0.6 is 35.4 Å². The molecule has 0 aliphatic carbocycles. The highest BCUT2D eigenvalue weighted by Gasteiger charge is 2.25. The molecule has 0 fully saturated rings. The first kappa shape index (κ1) is 19.3. The van der Waals surface area contributed by atoms with E-state index in [4.69, 9.17) is 35.4 Å². The van der Waals surface area contributed by atoms with Crippen LogP contribution in [-0.4, -0.2) is 10.1 Å². The largest absolute Gasteiger partial charge is 0.502 e. The third-order valence-corrected chi connectivity index (χ3v) is 4.58. The van der Waals surface area contributed by atoms with Crippen molar-refractivity contribution in [3.8, 4) is 0 Å². The standard InChI is InChI=1S/C20H13Cl2FN2OS/c21-13-8-9-15(22)14(12-13)19(26)18(25-10-4-1-5-11-25)20(27)24-17-7-3-2-6-16(17)23/h1-12H,(H-,24,26,27)/p+1. The molecule has 2 aromatic carbocycles. The van der Waals surface area contributed by atoms with Gasteiger partial charge in [0.1, 0.15) is 5.82 Å². The highest BCUT2D eigenvalue weighted by molar-refractivity contribution is 7.81. The van der Waals surface area contributed by atoms with Crippen molar-refractivity contribution in [3.63, 3.8) is 0 Å². The number of thiocarbonyl (C=S) groups is 1. The number of para-hydroxylation sites is 1. The maximum Gasteiger partial charge on any atom is 0.288 e. The van der Waals surface area contributed by atoms with E-state index in [0.717, 1.165) is 0 Å². The Bertz CT molecular complexity index is 1030. The minimum atomic E-state index is -0.461. The second kappa shape index (κ2) is 8.48. The third kappa shape index (κ3) is 4.45. The monoisotopic (exact) mass is 419 g/mol. The summed E-state index contributed by atoms with van der Waals surface area (Å²) in [5.74, 6) is -0.648. The number of benzene rings is 2. The summed E-state index contributed by atoms with van der Waals surface area (Å²) in [4.78, 5) is 0.116. The van der Waals surface area contributed by atoms with Gasteiger partial charge in [-0.15, -0.1) is 0 Å². The Morgan fingerprint density at radius 1 is 1.00 bits per heavy atom. The lowest BCUT2D eigenvalue weighted by molar-refractivity contribution is -0.575. The number of aromatic nitrogens is 1. The van der Waals surface area contributed by atoms with Crippen LogP contribution in [0, 0.1) is 5.82 Å². The van der Waals surface area contributed by atoms with Crippen LogP contribution in [0.15, 0.2) is 73.1 Å². The van der Waals surface area contributed by atoms with Gasteiger partial charge in [0.2, 0.25) is 5.76 Å². The first-order valence-electron chi connectivity index (χ1n) is 7.88. The number of nitrogens with zero attached hydrogens (tertiary/aromatic N) is 1. The van der Waals surface area contributed by atoms with E-state index >= 15 is 0 Å². The molecule has 0 saturated heterocycles. The predicted octanol–water partition coefficient (Wildman–Crippen LogP) is 5.74. The van der Waals surface area contributed by atoms with Gasteiger partial charge in [-0.1, -0.05) is 53.6 Å². The maximum atomic E-state index is 14.0. The Balaban J connectivity index is 2.13.